The standard InChI is InChI=1S/C27H33NO7/c1-16(2)35-21-11-8-18(15-22(21)34-6)24-23(26(30)27(31)28(24)12-7-13-32-4)25(29)20-10-9-19(33-5)14-17(20)3/h8-11,14-16,24,29H,7,12-13H2,1-6H3/b25-23+. The van der Waals surface area contributed by atoms with Crippen molar-refractivity contribution in [2.45, 2.75) is 39.3 Å². The Morgan fingerprint density at radius 3 is 2.37 bits per heavy atom. The molecule has 1 atom stereocenters. The van der Waals surface area contributed by atoms with E-state index in [1.807, 2.05) is 20.8 Å². The fourth-order valence-corrected chi connectivity index (χ4v) is 4.22. The van der Waals surface area contributed by atoms with E-state index in [-0.39, 0.29) is 24.0 Å². The van der Waals surface area contributed by atoms with E-state index in [2.05, 4.69) is 0 Å². The van der Waals surface area contributed by atoms with Gasteiger partial charge in [0.25, 0.3) is 11.7 Å². The Bertz CT molecular complexity index is 1120. The number of aliphatic hydroxyl groups excluding tert-OH is 1. The summed E-state index contributed by atoms with van der Waals surface area (Å²) in [4.78, 5) is 27.8. The molecule has 3 rings (SSSR count). The summed E-state index contributed by atoms with van der Waals surface area (Å²) in [7, 11) is 4.67. The second-order valence-corrected chi connectivity index (χ2v) is 8.60. The van der Waals surface area contributed by atoms with Crippen molar-refractivity contribution in [3.8, 4) is 17.2 Å². The van der Waals surface area contributed by atoms with Gasteiger partial charge in [-0.25, -0.2) is 0 Å². The first-order chi connectivity index (χ1) is 16.7. The lowest BCUT2D eigenvalue weighted by Gasteiger charge is -2.26. The topological polar surface area (TPSA) is 94.5 Å². The van der Waals surface area contributed by atoms with Crippen molar-refractivity contribution in [2.75, 3.05) is 34.5 Å². The van der Waals surface area contributed by atoms with Crippen LogP contribution < -0.4 is 14.2 Å². The van der Waals surface area contributed by atoms with Crippen molar-refractivity contribution in [3.63, 3.8) is 0 Å². The van der Waals surface area contributed by atoms with E-state index in [0.29, 0.717) is 47.0 Å². The molecule has 2 aromatic rings. The van der Waals surface area contributed by atoms with Gasteiger partial charge in [0.05, 0.1) is 31.9 Å². The molecule has 35 heavy (non-hydrogen) atoms. The number of likely N-dealkylation sites (tertiary alicyclic amines) is 1. The van der Waals surface area contributed by atoms with Crippen molar-refractivity contribution in [3.05, 3.63) is 58.7 Å². The van der Waals surface area contributed by atoms with Crippen LogP contribution in [0, 0.1) is 6.92 Å². The number of ketones is 1. The van der Waals surface area contributed by atoms with Crippen LogP contribution in [0.2, 0.25) is 0 Å². The molecular weight excluding hydrogens is 450 g/mol. The SMILES string of the molecule is COCCCN1C(=O)C(=O)/C(=C(/O)c2ccc(OC)cc2C)C1c1ccc(OC(C)C)c(OC)c1. The Labute approximate surface area is 206 Å². The van der Waals surface area contributed by atoms with Gasteiger partial charge < -0.3 is 29.0 Å². The molecule has 1 fully saturated rings. The van der Waals surface area contributed by atoms with E-state index < -0.39 is 17.7 Å². The molecule has 8 nitrogen and oxygen atoms in total. The van der Waals surface area contributed by atoms with E-state index in [0.717, 1.165) is 0 Å². The Morgan fingerprint density at radius 1 is 1.03 bits per heavy atom. The van der Waals surface area contributed by atoms with E-state index in [1.165, 1.54) is 12.0 Å². The molecule has 1 aliphatic rings. The van der Waals surface area contributed by atoms with Crippen LogP contribution in [0.4, 0.5) is 0 Å². The highest BCUT2D eigenvalue weighted by Gasteiger charge is 2.46. The monoisotopic (exact) mass is 483 g/mol. The van der Waals surface area contributed by atoms with Crippen LogP contribution in [0.5, 0.6) is 17.2 Å². The molecule has 0 saturated carbocycles. The number of benzene rings is 2. The van der Waals surface area contributed by atoms with Crippen LogP contribution in [0.15, 0.2) is 42.0 Å². The minimum atomic E-state index is -0.796. The van der Waals surface area contributed by atoms with Gasteiger partial charge in [0.15, 0.2) is 11.5 Å². The van der Waals surface area contributed by atoms with Gasteiger partial charge in [-0.2, -0.15) is 0 Å². The highest BCUT2D eigenvalue weighted by molar-refractivity contribution is 6.46. The number of ether oxygens (including phenoxy) is 4. The van der Waals surface area contributed by atoms with Crippen LogP contribution in [0.3, 0.4) is 0 Å². The van der Waals surface area contributed by atoms with Gasteiger partial charge in [-0.3, -0.25) is 9.59 Å². The second-order valence-electron chi connectivity index (χ2n) is 8.60. The molecule has 1 amide bonds. The Balaban J connectivity index is 2.17. The van der Waals surface area contributed by atoms with Gasteiger partial charge >= 0.3 is 0 Å². The zero-order valence-electron chi connectivity index (χ0n) is 21.1. The normalized spacial score (nSPS) is 17.2. The van der Waals surface area contributed by atoms with E-state index in [9.17, 15) is 14.7 Å². The van der Waals surface area contributed by atoms with Crippen molar-refractivity contribution >= 4 is 17.4 Å². The van der Waals surface area contributed by atoms with Gasteiger partial charge in [0.2, 0.25) is 0 Å². The maximum absolute atomic E-state index is 13.2. The maximum Gasteiger partial charge on any atom is 0.295 e. The van der Waals surface area contributed by atoms with Crippen molar-refractivity contribution < 1.29 is 33.6 Å². The Morgan fingerprint density at radius 2 is 1.77 bits per heavy atom. The molecule has 1 aliphatic heterocycles. The highest BCUT2D eigenvalue weighted by atomic mass is 16.5. The van der Waals surface area contributed by atoms with Crippen LogP contribution in [-0.4, -0.2) is 62.3 Å². The fourth-order valence-electron chi connectivity index (χ4n) is 4.22. The molecule has 0 radical (unpaired) electrons. The quantitative estimate of drug-likeness (QED) is 0.234. The minimum Gasteiger partial charge on any atom is -0.507 e. The Kier molecular flexibility index (Phi) is 8.40. The average molecular weight is 484 g/mol. The number of aliphatic hydroxyl groups is 1. The van der Waals surface area contributed by atoms with Crippen LogP contribution >= 0.6 is 0 Å². The van der Waals surface area contributed by atoms with Crippen LogP contribution in [0.1, 0.15) is 43.0 Å². The average Bonchev–Trinajstić information content (AvgIpc) is 3.08. The van der Waals surface area contributed by atoms with Gasteiger partial charge in [-0.05, 0) is 68.7 Å². The second kappa shape index (κ2) is 11.3. The third-order valence-electron chi connectivity index (χ3n) is 5.84. The number of amides is 1. The predicted molar refractivity (Wildman–Crippen MR) is 132 cm³/mol. The van der Waals surface area contributed by atoms with E-state index in [1.54, 1.807) is 50.6 Å². The molecule has 1 unspecified atom stereocenters. The lowest BCUT2D eigenvalue weighted by Crippen LogP contribution is -2.31. The smallest absolute Gasteiger partial charge is 0.295 e. The van der Waals surface area contributed by atoms with E-state index in [4.69, 9.17) is 18.9 Å². The molecule has 1 saturated heterocycles. The number of Topliss-reactive ketones (excluding diaryl/α,β-unsaturated/α-hetero) is 1. The minimum absolute atomic E-state index is 0.0280. The summed E-state index contributed by atoms with van der Waals surface area (Å²) in [6.07, 6.45) is 0.473. The molecule has 1 N–H and O–H groups in total. The molecule has 2 aromatic carbocycles. The third kappa shape index (κ3) is 5.43. The van der Waals surface area contributed by atoms with Crippen molar-refractivity contribution in [1.82, 2.24) is 4.90 Å². The largest absolute Gasteiger partial charge is 0.507 e. The summed E-state index contributed by atoms with van der Waals surface area (Å²) < 4.78 is 21.8. The van der Waals surface area contributed by atoms with Crippen LogP contribution in [-0.2, 0) is 14.3 Å². The number of hydrogen-bond donors (Lipinski definition) is 1. The number of nitrogens with zero attached hydrogens (tertiary/aromatic N) is 1. The molecule has 0 bridgehead atoms. The number of hydrogen-bond acceptors (Lipinski definition) is 7. The number of rotatable bonds is 10. The number of carbonyl (C=O) groups is 2. The molecule has 0 spiro atoms. The fraction of sp³-hybridized carbons (Fsp3) is 0.407. The molecule has 188 valence electrons. The lowest BCUT2D eigenvalue weighted by molar-refractivity contribution is -0.140. The zero-order chi connectivity index (χ0) is 25.7. The van der Waals surface area contributed by atoms with Gasteiger partial charge in [-0.15, -0.1) is 0 Å². The number of methoxy groups -OCH3 is 3. The number of carbonyl (C=O) groups excluding carboxylic acids is 2. The summed E-state index contributed by atoms with van der Waals surface area (Å²) in [6.45, 7) is 6.35. The summed E-state index contributed by atoms with van der Waals surface area (Å²) in [5.74, 6) is 0.0140. The first-order valence-electron chi connectivity index (χ1n) is 11.5. The molecule has 8 heteroatoms. The Hall–Kier alpha value is -3.52. The molecule has 0 aliphatic carbocycles. The van der Waals surface area contributed by atoms with E-state index >= 15 is 0 Å². The molecular formula is C27H33NO7. The predicted octanol–water partition coefficient (Wildman–Crippen LogP) is 4.26. The van der Waals surface area contributed by atoms with Gasteiger partial charge in [-0.1, -0.05) is 6.07 Å². The lowest BCUT2D eigenvalue weighted by atomic mass is 9.93. The van der Waals surface area contributed by atoms with Gasteiger partial charge in [0, 0.05) is 25.8 Å². The first-order valence-corrected chi connectivity index (χ1v) is 11.5. The van der Waals surface area contributed by atoms with Crippen molar-refractivity contribution in [1.29, 1.82) is 0 Å². The summed E-state index contributed by atoms with van der Waals surface area (Å²) in [6, 6.07) is 9.63. The first kappa shape index (κ1) is 26.1. The van der Waals surface area contributed by atoms with Crippen LogP contribution in [0.25, 0.3) is 5.76 Å². The highest BCUT2D eigenvalue weighted by Crippen LogP contribution is 2.42. The van der Waals surface area contributed by atoms with Crippen molar-refractivity contribution in [2.24, 2.45) is 0 Å². The summed E-state index contributed by atoms with van der Waals surface area (Å²) in [5.41, 5.74) is 1.82. The molecule has 1 heterocycles. The summed E-state index contributed by atoms with van der Waals surface area (Å²) >= 11 is 0. The van der Waals surface area contributed by atoms with Gasteiger partial charge in [0.1, 0.15) is 11.5 Å². The maximum atomic E-state index is 13.2. The number of aryl methyl sites for hydroxylation is 1. The molecule has 0 aromatic heterocycles. The summed E-state index contributed by atoms with van der Waals surface area (Å²) in [5, 5.41) is 11.3. The third-order valence-corrected chi connectivity index (χ3v) is 5.84. The zero-order valence-corrected chi connectivity index (χ0v) is 21.1.